The maximum Gasteiger partial charge on any atom is 0.267 e. The Morgan fingerprint density at radius 3 is 2.88 bits per heavy atom. The molecule has 0 atom stereocenters. The highest BCUT2D eigenvalue weighted by atomic mass is 127. The van der Waals surface area contributed by atoms with Gasteiger partial charge in [0.05, 0.1) is 10.1 Å². The molecule has 84 valence electrons. The Bertz CT molecular complexity index is 575. The second kappa shape index (κ2) is 4.32. The fraction of sp³-hybridized carbons (Fsp3) is 0.333. The number of hydrogen-bond donors (Lipinski definition) is 0. The number of aromatic nitrogens is 4. The summed E-state index contributed by atoms with van der Waals surface area (Å²) in [5.74, 6) is 1.60. The number of aryl methyl sites for hydroxylation is 2. The van der Waals surface area contributed by atoms with Crippen LogP contribution < -0.4 is 5.56 Å². The van der Waals surface area contributed by atoms with Gasteiger partial charge in [-0.25, -0.2) is 4.98 Å². The molecule has 0 radical (unpaired) electrons. The summed E-state index contributed by atoms with van der Waals surface area (Å²) in [5.41, 5.74) is -0.0875. The van der Waals surface area contributed by atoms with Gasteiger partial charge >= 0.3 is 0 Å². The zero-order chi connectivity index (χ0) is 11.7. The van der Waals surface area contributed by atoms with Gasteiger partial charge in [-0.15, -0.1) is 0 Å². The van der Waals surface area contributed by atoms with Crippen molar-refractivity contribution in [1.82, 2.24) is 19.7 Å². The average molecular weight is 332 g/mol. The summed E-state index contributed by atoms with van der Waals surface area (Å²) >= 11 is 1.95. The standard InChI is InChI=1S/C9H9IN4O2/c1-5-11-3-7(10)9(15)14(5)4-8-12-6(2)16-13-8/h3H,4H2,1-2H3. The van der Waals surface area contributed by atoms with E-state index in [-0.39, 0.29) is 12.1 Å². The largest absolute Gasteiger partial charge is 0.340 e. The van der Waals surface area contributed by atoms with Crippen LogP contribution in [0.2, 0.25) is 0 Å². The van der Waals surface area contributed by atoms with Gasteiger partial charge in [-0.1, -0.05) is 5.16 Å². The molecule has 16 heavy (non-hydrogen) atoms. The topological polar surface area (TPSA) is 73.8 Å². The molecular formula is C9H9IN4O2. The van der Waals surface area contributed by atoms with Crippen molar-refractivity contribution in [3.05, 3.63) is 37.7 Å². The Morgan fingerprint density at radius 2 is 2.25 bits per heavy atom. The van der Waals surface area contributed by atoms with Crippen LogP contribution in [0, 0.1) is 17.4 Å². The maximum absolute atomic E-state index is 11.8. The molecular weight excluding hydrogens is 323 g/mol. The van der Waals surface area contributed by atoms with Gasteiger partial charge < -0.3 is 4.52 Å². The molecule has 0 unspecified atom stereocenters. The Balaban J connectivity index is 2.42. The van der Waals surface area contributed by atoms with Gasteiger partial charge in [-0.05, 0) is 29.5 Å². The van der Waals surface area contributed by atoms with Crippen molar-refractivity contribution < 1.29 is 4.52 Å². The molecule has 7 heteroatoms. The first-order valence-corrected chi connectivity index (χ1v) is 5.67. The van der Waals surface area contributed by atoms with Gasteiger partial charge in [-0.3, -0.25) is 9.36 Å². The normalized spacial score (nSPS) is 10.7. The predicted molar refractivity (Wildman–Crippen MR) is 64.1 cm³/mol. The number of rotatable bonds is 2. The second-order valence-electron chi connectivity index (χ2n) is 3.27. The summed E-state index contributed by atoms with van der Waals surface area (Å²) in [7, 11) is 0. The van der Waals surface area contributed by atoms with E-state index in [0.29, 0.717) is 21.1 Å². The molecule has 0 aromatic carbocycles. The van der Waals surface area contributed by atoms with Gasteiger partial charge in [0.1, 0.15) is 5.82 Å². The first kappa shape index (κ1) is 11.2. The molecule has 0 N–H and O–H groups in total. The summed E-state index contributed by atoms with van der Waals surface area (Å²) in [5, 5.41) is 3.75. The van der Waals surface area contributed by atoms with Crippen LogP contribution in [0.3, 0.4) is 0 Å². The van der Waals surface area contributed by atoms with E-state index < -0.39 is 0 Å². The zero-order valence-electron chi connectivity index (χ0n) is 8.77. The molecule has 2 heterocycles. The van der Waals surface area contributed by atoms with Crippen LogP contribution in [0.5, 0.6) is 0 Å². The lowest BCUT2D eigenvalue weighted by Crippen LogP contribution is -2.26. The van der Waals surface area contributed by atoms with Crippen LogP contribution in [0.4, 0.5) is 0 Å². The second-order valence-corrected chi connectivity index (χ2v) is 4.44. The van der Waals surface area contributed by atoms with Crippen molar-refractivity contribution in [3.63, 3.8) is 0 Å². The third-order valence-corrected chi connectivity index (χ3v) is 2.81. The van der Waals surface area contributed by atoms with Crippen molar-refractivity contribution >= 4 is 22.6 Å². The Hall–Kier alpha value is -1.25. The lowest BCUT2D eigenvalue weighted by Gasteiger charge is -2.05. The highest BCUT2D eigenvalue weighted by Gasteiger charge is 2.09. The first-order chi connectivity index (χ1) is 7.58. The van der Waals surface area contributed by atoms with E-state index in [1.54, 1.807) is 20.0 Å². The molecule has 0 aliphatic carbocycles. The van der Waals surface area contributed by atoms with Gasteiger partial charge in [0.25, 0.3) is 5.56 Å². The molecule has 0 saturated carbocycles. The highest BCUT2D eigenvalue weighted by molar-refractivity contribution is 14.1. The van der Waals surface area contributed by atoms with Crippen molar-refractivity contribution in [2.45, 2.75) is 20.4 Å². The number of nitrogens with zero attached hydrogens (tertiary/aromatic N) is 4. The minimum atomic E-state index is -0.0875. The molecule has 0 aliphatic rings. The van der Waals surface area contributed by atoms with Crippen LogP contribution in [0.25, 0.3) is 0 Å². The van der Waals surface area contributed by atoms with E-state index in [0.717, 1.165) is 0 Å². The molecule has 0 saturated heterocycles. The highest BCUT2D eigenvalue weighted by Crippen LogP contribution is 2.01. The van der Waals surface area contributed by atoms with E-state index in [2.05, 4.69) is 15.1 Å². The third kappa shape index (κ3) is 2.13. The van der Waals surface area contributed by atoms with E-state index in [9.17, 15) is 4.79 Å². The van der Waals surface area contributed by atoms with Crippen LogP contribution in [-0.4, -0.2) is 19.7 Å². The molecule has 2 rings (SSSR count). The van der Waals surface area contributed by atoms with Crippen molar-refractivity contribution in [3.8, 4) is 0 Å². The molecule has 0 aliphatic heterocycles. The van der Waals surface area contributed by atoms with Gasteiger partial charge in [0.15, 0.2) is 5.82 Å². The molecule has 0 spiro atoms. The summed E-state index contributed by atoms with van der Waals surface area (Å²) < 4.78 is 6.94. The molecule has 0 bridgehead atoms. The Kier molecular flexibility index (Phi) is 3.03. The first-order valence-electron chi connectivity index (χ1n) is 4.59. The summed E-state index contributed by atoms with van der Waals surface area (Å²) in [6.45, 7) is 3.76. The van der Waals surface area contributed by atoms with E-state index >= 15 is 0 Å². The molecule has 2 aromatic rings. The van der Waals surface area contributed by atoms with Crippen LogP contribution in [-0.2, 0) is 6.54 Å². The van der Waals surface area contributed by atoms with Gasteiger partial charge in [0.2, 0.25) is 5.89 Å². The molecule has 6 nitrogen and oxygen atoms in total. The minimum Gasteiger partial charge on any atom is -0.340 e. The summed E-state index contributed by atoms with van der Waals surface area (Å²) in [6.07, 6.45) is 1.55. The smallest absolute Gasteiger partial charge is 0.267 e. The van der Waals surface area contributed by atoms with Crippen molar-refractivity contribution in [1.29, 1.82) is 0 Å². The SMILES string of the molecule is Cc1nc(Cn2c(C)ncc(I)c2=O)no1. The monoisotopic (exact) mass is 332 g/mol. The zero-order valence-corrected chi connectivity index (χ0v) is 10.9. The van der Waals surface area contributed by atoms with E-state index in [4.69, 9.17) is 4.52 Å². The summed E-state index contributed by atoms with van der Waals surface area (Å²) in [6, 6.07) is 0. The fourth-order valence-electron chi connectivity index (χ4n) is 1.28. The van der Waals surface area contributed by atoms with Crippen molar-refractivity contribution in [2.24, 2.45) is 0 Å². The quantitative estimate of drug-likeness (QED) is 0.764. The Labute approximate surface area is 105 Å². The number of halogens is 1. The minimum absolute atomic E-state index is 0.0875. The lowest BCUT2D eigenvalue weighted by molar-refractivity contribution is 0.385. The van der Waals surface area contributed by atoms with Crippen molar-refractivity contribution in [2.75, 3.05) is 0 Å². The molecule has 0 amide bonds. The number of hydrogen-bond acceptors (Lipinski definition) is 5. The van der Waals surface area contributed by atoms with Gasteiger partial charge in [0, 0.05) is 13.1 Å². The average Bonchev–Trinajstić information content (AvgIpc) is 2.65. The lowest BCUT2D eigenvalue weighted by atomic mass is 10.5. The van der Waals surface area contributed by atoms with E-state index in [1.165, 1.54) is 4.57 Å². The van der Waals surface area contributed by atoms with Crippen LogP contribution in [0.15, 0.2) is 15.5 Å². The molecule has 2 aromatic heterocycles. The predicted octanol–water partition coefficient (Wildman–Crippen LogP) is 0.896. The van der Waals surface area contributed by atoms with Crippen LogP contribution in [0.1, 0.15) is 17.5 Å². The third-order valence-electron chi connectivity index (χ3n) is 2.07. The van der Waals surface area contributed by atoms with Gasteiger partial charge in [-0.2, -0.15) is 4.98 Å². The van der Waals surface area contributed by atoms with E-state index in [1.807, 2.05) is 22.6 Å². The maximum atomic E-state index is 11.8. The van der Waals surface area contributed by atoms with Crippen LogP contribution >= 0.6 is 22.6 Å². The molecule has 0 fully saturated rings. The Morgan fingerprint density at radius 1 is 1.50 bits per heavy atom. The summed E-state index contributed by atoms with van der Waals surface area (Å²) in [4.78, 5) is 20.0. The fourth-order valence-corrected chi connectivity index (χ4v) is 1.71.